The van der Waals surface area contributed by atoms with Crippen LogP contribution in [0.25, 0.3) is 22.4 Å². The Balaban J connectivity index is 1.41. The first-order valence-corrected chi connectivity index (χ1v) is 14.5. The van der Waals surface area contributed by atoms with Gasteiger partial charge in [0.2, 0.25) is 11.8 Å². The van der Waals surface area contributed by atoms with Crippen LogP contribution in [-0.4, -0.2) is 47.3 Å². The summed E-state index contributed by atoms with van der Waals surface area (Å²) in [5.74, 6) is 3.54. The molecule has 2 atom stereocenters. The van der Waals surface area contributed by atoms with E-state index in [0.717, 1.165) is 61.7 Å². The molecule has 4 aromatic rings. The third kappa shape index (κ3) is 4.97. The number of hydrogen-bond donors (Lipinski definition) is 2. The molecule has 2 aliphatic heterocycles. The van der Waals surface area contributed by atoms with Crippen molar-refractivity contribution >= 4 is 34.8 Å². The van der Waals surface area contributed by atoms with Crippen LogP contribution in [0, 0.1) is 18.8 Å². The Hall–Kier alpha value is -3.84. The zero-order valence-electron chi connectivity index (χ0n) is 22.9. The molecule has 1 saturated carbocycles. The molecular formula is C27H31ClN10O3. The molecule has 1 aliphatic carbocycles. The number of carbonyl (C=O) groups excluding carboxylic acids is 1. The summed E-state index contributed by atoms with van der Waals surface area (Å²) < 4.78 is 7.88. The largest absolute Gasteiger partial charge is 0.427 e. The van der Waals surface area contributed by atoms with E-state index in [1.54, 1.807) is 12.4 Å². The lowest BCUT2D eigenvalue weighted by Gasteiger charge is -2.29. The lowest BCUT2D eigenvalue weighted by molar-refractivity contribution is 0.120. The van der Waals surface area contributed by atoms with Crippen LogP contribution in [-0.2, 0) is 11.4 Å². The van der Waals surface area contributed by atoms with E-state index >= 15 is 0 Å². The Labute approximate surface area is 241 Å². The molecule has 2 N–H and O–H groups in total. The van der Waals surface area contributed by atoms with Crippen LogP contribution in [0.1, 0.15) is 75.2 Å². The minimum atomic E-state index is -0.730. The van der Waals surface area contributed by atoms with Gasteiger partial charge in [-0.1, -0.05) is 36.5 Å². The number of anilines is 1. The predicted octanol–water partition coefficient (Wildman–Crippen LogP) is 4.64. The van der Waals surface area contributed by atoms with Crippen LogP contribution in [0.15, 0.2) is 23.0 Å². The number of aromatic nitrogens is 7. The third-order valence-corrected chi connectivity index (χ3v) is 8.49. The molecule has 214 valence electrons. The van der Waals surface area contributed by atoms with Crippen LogP contribution in [0.2, 0.25) is 5.02 Å². The summed E-state index contributed by atoms with van der Waals surface area (Å²) in [6, 6.07) is 1.74. The molecule has 1 amide bonds. The van der Waals surface area contributed by atoms with Gasteiger partial charge in [-0.2, -0.15) is 9.97 Å². The molecule has 3 fully saturated rings. The molecule has 6 heterocycles. The van der Waals surface area contributed by atoms with E-state index < -0.39 is 12.3 Å². The second kappa shape index (κ2) is 10.5. The van der Waals surface area contributed by atoms with Crippen molar-refractivity contribution in [2.24, 2.45) is 11.8 Å². The zero-order valence-corrected chi connectivity index (χ0v) is 23.6. The molecule has 4 aromatic heterocycles. The van der Waals surface area contributed by atoms with Gasteiger partial charge in [-0.05, 0) is 50.5 Å². The van der Waals surface area contributed by atoms with Crippen molar-refractivity contribution in [2.75, 3.05) is 11.4 Å². The quantitative estimate of drug-likeness (QED) is 0.329. The summed E-state index contributed by atoms with van der Waals surface area (Å²) in [7, 11) is 0. The van der Waals surface area contributed by atoms with Crippen LogP contribution in [0.4, 0.5) is 10.7 Å². The smallest absolute Gasteiger partial charge is 0.351 e. The molecule has 0 spiro atoms. The Morgan fingerprint density at radius 1 is 1.10 bits per heavy atom. The number of halogens is 1. The maximum atomic E-state index is 11.8. The first kappa shape index (κ1) is 26.1. The molecule has 13 nitrogen and oxygen atoms in total. The van der Waals surface area contributed by atoms with Gasteiger partial charge in [-0.15, -0.1) is 5.48 Å². The second-order valence-corrected chi connectivity index (χ2v) is 11.7. The van der Waals surface area contributed by atoms with Crippen molar-refractivity contribution in [3.63, 3.8) is 0 Å². The number of nitrogens with one attached hydrogen (secondary N) is 2. The monoisotopic (exact) mass is 578 g/mol. The number of pyridine rings is 1. The average Bonchev–Trinajstić information content (AvgIpc) is 3.76. The summed E-state index contributed by atoms with van der Waals surface area (Å²) in [5.41, 5.74) is 5.33. The van der Waals surface area contributed by atoms with Crippen molar-refractivity contribution in [1.82, 2.24) is 45.4 Å². The zero-order chi connectivity index (χ0) is 28.1. The first-order chi connectivity index (χ1) is 19.9. The van der Waals surface area contributed by atoms with E-state index in [-0.39, 0.29) is 6.04 Å². The van der Waals surface area contributed by atoms with Crippen LogP contribution >= 0.6 is 11.6 Å². The number of hydroxylamine groups is 1. The van der Waals surface area contributed by atoms with Crippen molar-refractivity contribution in [2.45, 2.75) is 71.1 Å². The van der Waals surface area contributed by atoms with E-state index in [0.29, 0.717) is 39.8 Å². The van der Waals surface area contributed by atoms with Gasteiger partial charge in [0.1, 0.15) is 17.3 Å². The van der Waals surface area contributed by atoms with Crippen molar-refractivity contribution in [3.8, 4) is 11.3 Å². The molecule has 0 radical (unpaired) electrons. The number of rotatable bonds is 6. The fourth-order valence-corrected chi connectivity index (χ4v) is 6.37. The van der Waals surface area contributed by atoms with E-state index in [2.05, 4.69) is 42.3 Å². The summed E-state index contributed by atoms with van der Waals surface area (Å²) in [4.78, 5) is 42.7. The van der Waals surface area contributed by atoms with Gasteiger partial charge in [0.05, 0.1) is 5.02 Å². The number of imidazole rings is 1. The molecule has 0 aromatic carbocycles. The number of nitrogens with zero attached hydrogens (tertiary/aromatic N) is 8. The number of amides is 1. The molecule has 0 bridgehead atoms. The van der Waals surface area contributed by atoms with Crippen LogP contribution in [0.3, 0.4) is 0 Å². The Bertz CT molecular complexity index is 1600. The van der Waals surface area contributed by atoms with Gasteiger partial charge in [0.15, 0.2) is 23.5 Å². The van der Waals surface area contributed by atoms with Crippen molar-refractivity contribution in [1.29, 1.82) is 0 Å². The highest BCUT2D eigenvalue weighted by molar-refractivity contribution is 6.30. The Morgan fingerprint density at radius 3 is 2.68 bits per heavy atom. The van der Waals surface area contributed by atoms with E-state index in [9.17, 15) is 4.79 Å². The van der Waals surface area contributed by atoms with Crippen molar-refractivity contribution < 1.29 is 14.2 Å². The lowest BCUT2D eigenvalue weighted by atomic mass is 9.83. The van der Waals surface area contributed by atoms with Gasteiger partial charge in [0.25, 0.3) is 0 Å². The van der Waals surface area contributed by atoms with Gasteiger partial charge in [-0.3, -0.25) is 10.3 Å². The highest BCUT2D eigenvalue weighted by Gasteiger charge is 2.36. The fraction of sp³-hybridized carbons (Fsp3) is 0.519. The van der Waals surface area contributed by atoms with E-state index in [4.69, 9.17) is 35.9 Å². The molecule has 41 heavy (non-hydrogen) atoms. The topological polar surface area (TPSA) is 149 Å². The second-order valence-electron chi connectivity index (χ2n) is 11.3. The van der Waals surface area contributed by atoms with Gasteiger partial charge in [0, 0.05) is 31.0 Å². The van der Waals surface area contributed by atoms with E-state index in [1.807, 2.05) is 13.0 Å². The lowest BCUT2D eigenvalue weighted by Crippen LogP contribution is -2.28. The number of aryl methyl sites for hydroxylation is 1. The SMILES string of the molecule is Cc1noc(C2CCCN2c2nc3nc(C4NOC(=O)N4)nc(-c4cncc(Cl)c4)c3n2CC2CCC(C)CC2)n1. The first-order valence-electron chi connectivity index (χ1n) is 14.1. The summed E-state index contributed by atoms with van der Waals surface area (Å²) in [5, 5.41) is 7.23. The van der Waals surface area contributed by atoms with Gasteiger partial charge in [-0.25, -0.2) is 14.8 Å². The van der Waals surface area contributed by atoms with Gasteiger partial charge >= 0.3 is 6.09 Å². The highest BCUT2D eigenvalue weighted by atomic mass is 35.5. The molecule has 2 saturated heterocycles. The standard InChI is InChI=1S/C27H31ClN10O3/c1-14-5-7-16(8-6-14)13-38-21-20(17-10-18(28)12-29-11-17)31-23(24-34-27(39)41-36-24)32-22(21)33-26(38)37-9-3-4-19(37)25-30-15(2)35-40-25/h10-12,14,16,19,24,36H,3-9,13H2,1-2H3,(H,34,39). The molecule has 7 rings (SSSR count). The molecular weight excluding hydrogens is 548 g/mol. The molecule has 3 aliphatic rings. The predicted molar refractivity (Wildman–Crippen MR) is 149 cm³/mol. The van der Waals surface area contributed by atoms with Crippen LogP contribution < -0.4 is 15.7 Å². The van der Waals surface area contributed by atoms with E-state index in [1.165, 1.54) is 12.8 Å². The minimum absolute atomic E-state index is 0.0916. The average molecular weight is 579 g/mol. The molecule has 14 heteroatoms. The number of carbonyl (C=O) groups is 1. The summed E-state index contributed by atoms with van der Waals surface area (Å²) >= 11 is 6.39. The molecule has 2 unspecified atom stereocenters. The Kier molecular flexibility index (Phi) is 6.70. The Morgan fingerprint density at radius 2 is 1.95 bits per heavy atom. The third-order valence-electron chi connectivity index (χ3n) is 8.28. The number of hydrogen-bond acceptors (Lipinski definition) is 11. The maximum absolute atomic E-state index is 11.8. The summed E-state index contributed by atoms with van der Waals surface area (Å²) in [6.07, 6.45) is 8.54. The van der Waals surface area contributed by atoms with Gasteiger partial charge < -0.3 is 18.8 Å². The minimum Gasteiger partial charge on any atom is -0.351 e. The summed E-state index contributed by atoms with van der Waals surface area (Å²) in [6.45, 7) is 5.72. The normalized spacial score (nSPS) is 24.7. The maximum Gasteiger partial charge on any atom is 0.427 e. The van der Waals surface area contributed by atoms with Crippen molar-refractivity contribution in [3.05, 3.63) is 41.0 Å². The number of fused-ring (bicyclic) bond motifs is 1. The highest BCUT2D eigenvalue weighted by Crippen LogP contribution is 2.40. The fourth-order valence-electron chi connectivity index (χ4n) is 6.19. The van der Waals surface area contributed by atoms with Crippen LogP contribution in [0.5, 0.6) is 0 Å².